The van der Waals surface area contributed by atoms with Gasteiger partial charge in [0.1, 0.15) is 5.82 Å². The highest BCUT2D eigenvalue weighted by atomic mass is 79.9. The quantitative estimate of drug-likeness (QED) is 0.510. The minimum atomic E-state index is -0.480. The molecule has 0 saturated heterocycles. The van der Waals surface area contributed by atoms with Gasteiger partial charge in [0.2, 0.25) is 5.91 Å². The molecule has 1 aromatic carbocycles. The lowest BCUT2D eigenvalue weighted by atomic mass is 10.2. The maximum atomic E-state index is 11.8. The number of carbonyl (C=O) groups is 1. The van der Waals surface area contributed by atoms with E-state index in [0.29, 0.717) is 11.4 Å². The number of hydrogen-bond acceptors (Lipinski definition) is 4. The molecule has 22 heavy (non-hydrogen) atoms. The largest absolute Gasteiger partial charge is 0.307 e. The van der Waals surface area contributed by atoms with E-state index in [1.54, 1.807) is 24.3 Å². The Balaban J connectivity index is 2.06. The molecule has 2 rings (SSSR count). The van der Waals surface area contributed by atoms with Crippen molar-refractivity contribution in [3.05, 3.63) is 68.3 Å². The Hall–Kier alpha value is -2.54. The zero-order chi connectivity index (χ0) is 16.1. The van der Waals surface area contributed by atoms with E-state index in [4.69, 9.17) is 0 Å². The lowest BCUT2D eigenvalue weighted by Crippen LogP contribution is -2.09. The molecule has 1 N–H and O–H groups in total. The number of pyridine rings is 1. The molecule has 0 aliphatic rings. The van der Waals surface area contributed by atoms with Crippen molar-refractivity contribution in [2.45, 2.75) is 6.92 Å². The van der Waals surface area contributed by atoms with Crippen LogP contribution in [-0.2, 0) is 4.79 Å². The summed E-state index contributed by atoms with van der Waals surface area (Å²) >= 11 is 3.33. The molecule has 1 heterocycles. The number of non-ortho nitro benzene ring substituents is 1. The van der Waals surface area contributed by atoms with Gasteiger partial charge >= 0.3 is 0 Å². The lowest BCUT2D eigenvalue weighted by Gasteiger charge is -2.03. The van der Waals surface area contributed by atoms with E-state index in [0.717, 1.165) is 10.2 Å². The first-order valence-electron chi connectivity index (χ1n) is 6.32. The fraction of sp³-hybridized carbons (Fsp3) is 0.0667. The molecule has 1 aromatic heterocycles. The number of rotatable bonds is 4. The van der Waals surface area contributed by atoms with Crippen LogP contribution in [0.2, 0.25) is 0 Å². The number of nitro groups is 1. The molecule has 0 unspecified atom stereocenters. The first kappa shape index (κ1) is 15.8. The summed E-state index contributed by atoms with van der Waals surface area (Å²) in [5.41, 5.74) is 1.32. The van der Waals surface area contributed by atoms with E-state index in [2.05, 4.69) is 26.2 Å². The Morgan fingerprint density at radius 3 is 2.82 bits per heavy atom. The van der Waals surface area contributed by atoms with E-state index in [9.17, 15) is 14.9 Å². The standard InChI is InChI=1S/C15H12BrN3O3/c1-10-13(16)6-7-14(17-10)18-15(20)8-5-11-3-2-4-12(9-11)19(21)22/h2-9H,1H3,(H,17,18,20)/b8-5+. The summed E-state index contributed by atoms with van der Waals surface area (Å²) in [7, 11) is 0. The van der Waals surface area contributed by atoms with Gasteiger partial charge in [-0.15, -0.1) is 0 Å². The molecule has 0 aliphatic heterocycles. The van der Waals surface area contributed by atoms with Crippen molar-refractivity contribution in [1.29, 1.82) is 0 Å². The fourth-order valence-corrected chi connectivity index (χ4v) is 1.92. The summed E-state index contributed by atoms with van der Waals surface area (Å²) in [4.78, 5) is 26.2. The van der Waals surface area contributed by atoms with Gasteiger partial charge in [-0.3, -0.25) is 14.9 Å². The van der Waals surface area contributed by atoms with Crippen molar-refractivity contribution >= 4 is 39.4 Å². The summed E-state index contributed by atoms with van der Waals surface area (Å²) in [5.74, 6) is 0.0788. The minimum absolute atomic E-state index is 0.0206. The Morgan fingerprint density at radius 2 is 2.14 bits per heavy atom. The number of carbonyl (C=O) groups excluding carboxylic acids is 1. The van der Waals surface area contributed by atoms with E-state index in [-0.39, 0.29) is 11.6 Å². The SMILES string of the molecule is Cc1nc(NC(=O)/C=C/c2cccc([N+](=O)[O-])c2)ccc1Br. The predicted molar refractivity (Wildman–Crippen MR) is 87.4 cm³/mol. The average molecular weight is 362 g/mol. The third-order valence-electron chi connectivity index (χ3n) is 2.78. The first-order chi connectivity index (χ1) is 10.5. The Morgan fingerprint density at radius 1 is 1.36 bits per heavy atom. The van der Waals surface area contributed by atoms with Crippen molar-refractivity contribution in [2.24, 2.45) is 0 Å². The van der Waals surface area contributed by atoms with Crippen LogP contribution >= 0.6 is 15.9 Å². The zero-order valence-corrected chi connectivity index (χ0v) is 13.2. The van der Waals surface area contributed by atoms with Crippen LogP contribution in [0.3, 0.4) is 0 Å². The average Bonchev–Trinajstić information content (AvgIpc) is 2.49. The lowest BCUT2D eigenvalue weighted by molar-refractivity contribution is -0.384. The van der Waals surface area contributed by atoms with Gasteiger partial charge in [0.15, 0.2) is 0 Å². The van der Waals surface area contributed by atoms with Gasteiger partial charge in [0, 0.05) is 22.7 Å². The van der Waals surface area contributed by atoms with Crippen LogP contribution in [0, 0.1) is 17.0 Å². The van der Waals surface area contributed by atoms with Crippen molar-refractivity contribution in [3.8, 4) is 0 Å². The highest BCUT2D eigenvalue weighted by molar-refractivity contribution is 9.10. The molecule has 0 aliphatic carbocycles. The molecule has 0 spiro atoms. The smallest absolute Gasteiger partial charge is 0.270 e. The Bertz CT molecular complexity index is 759. The number of anilines is 1. The van der Waals surface area contributed by atoms with Gasteiger partial charge < -0.3 is 5.32 Å². The number of halogens is 1. The summed E-state index contributed by atoms with van der Waals surface area (Å²) in [6.07, 6.45) is 2.81. The molecule has 1 amide bonds. The molecule has 112 valence electrons. The number of hydrogen-bond donors (Lipinski definition) is 1. The summed E-state index contributed by atoms with van der Waals surface area (Å²) in [5, 5.41) is 13.3. The highest BCUT2D eigenvalue weighted by Crippen LogP contribution is 2.16. The van der Waals surface area contributed by atoms with E-state index in [1.807, 2.05) is 6.92 Å². The molecule has 0 fully saturated rings. The number of nitrogens with one attached hydrogen (secondary N) is 1. The van der Waals surface area contributed by atoms with Crippen LogP contribution in [0.1, 0.15) is 11.3 Å². The van der Waals surface area contributed by atoms with Crippen LogP contribution in [0.15, 0.2) is 46.9 Å². The number of benzene rings is 1. The van der Waals surface area contributed by atoms with Gasteiger partial charge in [-0.25, -0.2) is 4.98 Å². The van der Waals surface area contributed by atoms with Crippen molar-refractivity contribution in [3.63, 3.8) is 0 Å². The molecule has 0 radical (unpaired) electrons. The molecule has 7 heteroatoms. The van der Waals surface area contributed by atoms with Gasteiger partial charge in [-0.05, 0) is 46.6 Å². The number of aryl methyl sites for hydroxylation is 1. The van der Waals surface area contributed by atoms with E-state index in [1.165, 1.54) is 24.3 Å². The van der Waals surface area contributed by atoms with E-state index >= 15 is 0 Å². The zero-order valence-electron chi connectivity index (χ0n) is 11.6. The number of nitrogens with zero attached hydrogens (tertiary/aromatic N) is 2. The van der Waals surface area contributed by atoms with Gasteiger partial charge in [0.05, 0.1) is 10.6 Å². The second kappa shape index (κ2) is 6.95. The Kier molecular flexibility index (Phi) is 5.00. The van der Waals surface area contributed by atoms with Crippen molar-refractivity contribution < 1.29 is 9.72 Å². The maximum absolute atomic E-state index is 11.8. The molecular weight excluding hydrogens is 350 g/mol. The normalized spacial score (nSPS) is 10.6. The first-order valence-corrected chi connectivity index (χ1v) is 7.11. The summed E-state index contributed by atoms with van der Waals surface area (Å²) < 4.78 is 0.859. The topological polar surface area (TPSA) is 85.1 Å². The third kappa shape index (κ3) is 4.23. The summed E-state index contributed by atoms with van der Waals surface area (Å²) in [6, 6.07) is 9.50. The minimum Gasteiger partial charge on any atom is -0.307 e. The van der Waals surface area contributed by atoms with Crippen LogP contribution in [0.25, 0.3) is 6.08 Å². The second-order valence-corrected chi connectivity index (χ2v) is 5.29. The van der Waals surface area contributed by atoms with Crippen molar-refractivity contribution in [2.75, 3.05) is 5.32 Å². The van der Waals surface area contributed by atoms with Gasteiger partial charge in [0.25, 0.3) is 5.69 Å². The number of amides is 1. The van der Waals surface area contributed by atoms with Crippen LogP contribution in [0.5, 0.6) is 0 Å². The molecule has 0 saturated carbocycles. The summed E-state index contributed by atoms with van der Waals surface area (Å²) in [6.45, 7) is 1.82. The Labute approximate surface area is 135 Å². The molecular formula is C15H12BrN3O3. The van der Waals surface area contributed by atoms with E-state index < -0.39 is 4.92 Å². The molecule has 6 nitrogen and oxygen atoms in total. The van der Waals surface area contributed by atoms with Gasteiger partial charge in [-0.1, -0.05) is 12.1 Å². The van der Waals surface area contributed by atoms with Gasteiger partial charge in [-0.2, -0.15) is 0 Å². The maximum Gasteiger partial charge on any atom is 0.270 e. The van der Waals surface area contributed by atoms with Crippen molar-refractivity contribution in [1.82, 2.24) is 4.98 Å². The number of nitro benzene ring substituents is 1. The highest BCUT2D eigenvalue weighted by Gasteiger charge is 2.05. The van der Waals surface area contributed by atoms with Crippen LogP contribution in [0.4, 0.5) is 11.5 Å². The fourth-order valence-electron chi connectivity index (χ4n) is 1.70. The number of aromatic nitrogens is 1. The van der Waals surface area contributed by atoms with Crippen LogP contribution < -0.4 is 5.32 Å². The predicted octanol–water partition coefficient (Wildman–Crippen LogP) is 3.71. The molecule has 0 atom stereocenters. The monoisotopic (exact) mass is 361 g/mol. The third-order valence-corrected chi connectivity index (χ3v) is 3.62. The molecule has 0 bridgehead atoms. The second-order valence-electron chi connectivity index (χ2n) is 4.44. The van der Waals surface area contributed by atoms with Crippen LogP contribution in [-0.4, -0.2) is 15.8 Å². The molecule has 2 aromatic rings.